The van der Waals surface area contributed by atoms with Crippen LogP contribution >= 0.6 is 0 Å². The van der Waals surface area contributed by atoms with Gasteiger partial charge in [0.1, 0.15) is 0 Å². The van der Waals surface area contributed by atoms with E-state index < -0.39 is 5.97 Å². The lowest BCUT2D eigenvalue weighted by atomic mass is 10.2. The van der Waals surface area contributed by atoms with Gasteiger partial charge in [-0.3, -0.25) is 4.79 Å². The largest absolute Gasteiger partial charge is 0.481 e. The molecule has 2 aromatic heterocycles. The molecule has 0 aliphatic rings. The maximum absolute atomic E-state index is 10.5. The van der Waals surface area contributed by atoms with Gasteiger partial charge < -0.3 is 9.84 Å². The first-order valence-corrected chi connectivity index (χ1v) is 5.19. The molecule has 0 radical (unpaired) electrons. The lowest BCUT2D eigenvalue weighted by molar-refractivity contribution is -0.137. The molecule has 0 amide bonds. The zero-order valence-corrected chi connectivity index (χ0v) is 9.65. The van der Waals surface area contributed by atoms with Gasteiger partial charge in [0, 0.05) is 6.20 Å². The van der Waals surface area contributed by atoms with Gasteiger partial charge in [-0.1, -0.05) is 0 Å². The zero-order chi connectivity index (χ0) is 13.0. The molecule has 8 heteroatoms. The number of tetrazole rings is 1. The van der Waals surface area contributed by atoms with Crippen LogP contribution in [0.4, 0.5) is 0 Å². The molecule has 0 fully saturated rings. The summed E-state index contributed by atoms with van der Waals surface area (Å²) in [5.74, 6) is -0.0836. The zero-order valence-electron chi connectivity index (χ0n) is 9.65. The number of hydrogen-bond donors (Lipinski definition) is 1. The molecule has 0 saturated heterocycles. The van der Waals surface area contributed by atoms with Gasteiger partial charge in [0.15, 0.2) is 5.82 Å². The monoisotopic (exact) mass is 249 g/mol. The standard InChI is InChI=1S/C10H11N5O3/c1-18-10-7(3-2-5-11-10)9-12-13-14-15(9)6-4-8(16)17/h2-3,5H,4,6H2,1H3,(H,16,17). The van der Waals surface area contributed by atoms with Crippen LogP contribution in [0.15, 0.2) is 18.3 Å². The third-order valence-corrected chi connectivity index (χ3v) is 2.27. The summed E-state index contributed by atoms with van der Waals surface area (Å²) < 4.78 is 6.52. The number of carbonyl (C=O) groups is 1. The van der Waals surface area contributed by atoms with Gasteiger partial charge in [0.2, 0.25) is 5.88 Å². The van der Waals surface area contributed by atoms with Crippen molar-refractivity contribution in [3.05, 3.63) is 18.3 Å². The fraction of sp³-hybridized carbons (Fsp3) is 0.300. The Morgan fingerprint density at radius 3 is 3.11 bits per heavy atom. The van der Waals surface area contributed by atoms with E-state index in [0.29, 0.717) is 17.3 Å². The SMILES string of the molecule is COc1ncccc1-c1nnnn1CCC(=O)O. The molecule has 0 atom stereocenters. The van der Waals surface area contributed by atoms with Crippen molar-refractivity contribution >= 4 is 5.97 Å². The van der Waals surface area contributed by atoms with Crippen LogP contribution in [0.1, 0.15) is 6.42 Å². The fourth-order valence-electron chi connectivity index (χ4n) is 1.47. The Labute approximate surface area is 102 Å². The second-order valence-corrected chi connectivity index (χ2v) is 3.43. The van der Waals surface area contributed by atoms with Crippen LogP contribution in [0.25, 0.3) is 11.4 Å². The second kappa shape index (κ2) is 5.21. The highest BCUT2D eigenvalue weighted by Gasteiger charge is 2.14. The number of ether oxygens (including phenoxy) is 1. The van der Waals surface area contributed by atoms with Crippen LogP contribution in [-0.4, -0.2) is 43.4 Å². The third-order valence-electron chi connectivity index (χ3n) is 2.27. The summed E-state index contributed by atoms with van der Waals surface area (Å²) >= 11 is 0. The van der Waals surface area contributed by atoms with Crippen molar-refractivity contribution in [2.24, 2.45) is 0 Å². The van der Waals surface area contributed by atoms with Gasteiger partial charge in [-0.15, -0.1) is 5.10 Å². The van der Waals surface area contributed by atoms with Crippen LogP contribution in [-0.2, 0) is 11.3 Å². The number of rotatable bonds is 5. The molecule has 0 saturated carbocycles. The van der Waals surface area contributed by atoms with Gasteiger partial charge in [-0.25, -0.2) is 9.67 Å². The second-order valence-electron chi connectivity index (χ2n) is 3.43. The van der Waals surface area contributed by atoms with Gasteiger partial charge in [-0.2, -0.15) is 0 Å². The van der Waals surface area contributed by atoms with E-state index in [-0.39, 0.29) is 13.0 Å². The van der Waals surface area contributed by atoms with E-state index in [1.54, 1.807) is 18.3 Å². The van der Waals surface area contributed by atoms with Gasteiger partial charge in [0.05, 0.1) is 25.6 Å². The molecule has 0 aliphatic carbocycles. The Balaban J connectivity index is 2.33. The van der Waals surface area contributed by atoms with Crippen LogP contribution in [0.2, 0.25) is 0 Å². The van der Waals surface area contributed by atoms with E-state index in [0.717, 1.165) is 0 Å². The van der Waals surface area contributed by atoms with Crippen molar-refractivity contribution in [2.75, 3.05) is 7.11 Å². The molecule has 0 unspecified atom stereocenters. The highest BCUT2D eigenvalue weighted by Crippen LogP contribution is 2.24. The van der Waals surface area contributed by atoms with Gasteiger partial charge in [-0.05, 0) is 22.6 Å². The minimum atomic E-state index is -0.908. The van der Waals surface area contributed by atoms with E-state index in [1.807, 2.05) is 0 Å². The normalized spacial score (nSPS) is 10.3. The number of aromatic nitrogens is 5. The van der Waals surface area contributed by atoms with Crippen molar-refractivity contribution in [3.8, 4) is 17.3 Å². The molecular formula is C10H11N5O3. The molecule has 8 nitrogen and oxygen atoms in total. The van der Waals surface area contributed by atoms with Crippen molar-refractivity contribution in [1.29, 1.82) is 0 Å². The van der Waals surface area contributed by atoms with Crippen LogP contribution in [0.3, 0.4) is 0 Å². The van der Waals surface area contributed by atoms with Crippen LogP contribution in [0, 0.1) is 0 Å². The lowest BCUT2D eigenvalue weighted by Crippen LogP contribution is -2.08. The smallest absolute Gasteiger partial charge is 0.305 e. The number of aryl methyl sites for hydroxylation is 1. The van der Waals surface area contributed by atoms with E-state index >= 15 is 0 Å². The molecule has 2 rings (SSSR count). The Bertz CT molecular complexity index is 554. The van der Waals surface area contributed by atoms with Gasteiger partial charge >= 0.3 is 5.97 Å². The Hall–Kier alpha value is -2.51. The first-order valence-electron chi connectivity index (χ1n) is 5.19. The topological polar surface area (TPSA) is 103 Å². The Morgan fingerprint density at radius 2 is 2.39 bits per heavy atom. The summed E-state index contributed by atoms with van der Waals surface area (Å²) in [5, 5.41) is 19.8. The number of pyridine rings is 1. The molecule has 2 heterocycles. The number of carboxylic acid groups (broad SMARTS) is 1. The van der Waals surface area contributed by atoms with Crippen LogP contribution in [0.5, 0.6) is 5.88 Å². The number of methoxy groups -OCH3 is 1. The maximum Gasteiger partial charge on any atom is 0.305 e. The Kier molecular flexibility index (Phi) is 3.46. The number of aliphatic carboxylic acids is 1. The molecule has 18 heavy (non-hydrogen) atoms. The first-order chi connectivity index (χ1) is 8.72. The predicted octanol–water partition coefficient (Wildman–Crippen LogP) is 0.218. The summed E-state index contributed by atoms with van der Waals surface area (Å²) in [6.07, 6.45) is 1.54. The van der Waals surface area contributed by atoms with E-state index in [2.05, 4.69) is 20.5 Å². The molecule has 2 aromatic rings. The van der Waals surface area contributed by atoms with E-state index in [9.17, 15) is 4.79 Å². The third kappa shape index (κ3) is 2.42. The van der Waals surface area contributed by atoms with E-state index in [1.165, 1.54) is 11.8 Å². The fourth-order valence-corrected chi connectivity index (χ4v) is 1.47. The number of nitrogens with zero attached hydrogens (tertiary/aromatic N) is 5. The summed E-state index contributed by atoms with van der Waals surface area (Å²) in [7, 11) is 1.50. The number of carboxylic acids is 1. The quantitative estimate of drug-likeness (QED) is 0.808. The van der Waals surface area contributed by atoms with Crippen molar-refractivity contribution in [1.82, 2.24) is 25.2 Å². The average molecular weight is 249 g/mol. The Morgan fingerprint density at radius 1 is 1.56 bits per heavy atom. The van der Waals surface area contributed by atoms with Crippen LogP contribution < -0.4 is 4.74 Å². The predicted molar refractivity (Wildman–Crippen MR) is 59.9 cm³/mol. The molecule has 0 bridgehead atoms. The lowest BCUT2D eigenvalue weighted by Gasteiger charge is -2.06. The first kappa shape index (κ1) is 12.0. The summed E-state index contributed by atoms with van der Waals surface area (Å²) in [5.41, 5.74) is 0.621. The van der Waals surface area contributed by atoms with E-state index in [4.69, 9.17) is 9.84 Å². The summed E-state index contributed by atoms with van der Waals surface area (Å²) in [4.78, 5) is 14.6. The maximum atomic E-state index is 10.5. The summed E-state index contributed by atoms with van der Waals surface area (Å²) in [6, 6.07) is 3.49. The van der Waals surface area contributed by atoms with Crippen molar-refractivity contribution in [3.63, 3.8) is 0 Å². The van der Waals surface area contributed by atoms with Crippen molar-refractivity contribution in [2.45, 2.75) is 13.0 Å². The summed E-state index contributed by atoms with van der Waals surface area (Å²) in [6.45, 7) is 0.190. The highest BCUT2D eigenvalue weighted by molar-refractivity contribution is 5.67. The minimum absolute atomic E-state index is 0.0549. The molecule has 1 N–H and O–H groups in total. The van der Waals surface area contributed by atoms with Gasteiger partial charge in [0.25, 0.3) is 0 Å². The average Bonchev–Trinajstić information content (AvgIpc) is 2.84. The molecule has 94 valence electrons. The minimum Gasteiger partial charge on any atom is -0.481 e. The molecule has 0 aromatic carbocycles. The molecule has 0 aliphatic heterocycles. The molecular weight excluding hydrogens is 238 g/mol. The van der Waals surface area contributed by atoms with Crippen molar-refractivity contribution < 1.29 is 14.6 Å². The highest BCUT2D eigenvalue weighted by atomic mass is 16.5. The number of hydrogen-bond acceptors (Lipinski definition) is 6. The molecule has 0 spiro atoms.